The number of rotatable bonds is 3. The Balaban J connectivity index is 2.19. The molecular weight excluding hydrogens is 366 g/mol. The van der Waals surface area contributed by atoms with Crippen LogP contribution in [-0.4, -0.2) is 34.1 Å². The van der Waals surface area contributed by atoms with Gasteiger partial charge in [-0.2, -0.15) is 0 Å². The molecule has 0 bridgehead atoms. The number of anilines is 1. The lowest BCUT2D eigenvalue weighted by Crippen LogP contribution is -2.32. The highest BCUT2D eigenvalue weighted by Crippen LogP contribution is 2.41. The van der Waals surface area contributed by atoms with Crippen LogP contribution >= 0.6 is 15.9 Å². The second-order valence-corrected chi connectivity index (χ2v) is 6.86. The van der Waals surface area contributed by atoms with Crippen molar-refractivity contribution < 1.29 is 14.8 Å². The summed E-state index contributed by atoms with van der Waals surface area (Å²) < 4.78 is 0.786. The molecule has 1 fully saturated rings. The molecule has 2 aromatic rings. The molecule has 0 saturated carbocycles. The molecule has 1 aromatic carbocycles. The number of fused-ring (bicyclic) bond motifs is 1. The molecule has 1 N–H and O–H groups in total. The van der Waals surface area contributed by atoms with Crippen LogP contribution in [-0.2, 0) is 4.79 Å². The molecule has 8 heteroatoms. The van der Waals surface area contributed by atoms with Crippen molar-refractivity contribution in [2.45, 2.75) is 13.3 Å². The summed E-state index contributed by atoms with van der Waals surface area (Å²) in [4.78, 5) is 28.3. The van der Waals surface area contributed by atoms with E-state index in [0.717, 1.165) is 4.47 Å². The molecule has 1 aliphatic rings. The lowest BCUT2D eigenvalue weighted by atomic mass is 9.90. The quantitative estimate of drug-likeness (QED) is 0.649. The minimum Gasteiger partial charge on any atom is -0.481 e. The van der Waals surface area contributed by atoms with E-state index in [1.54, 1.807) is 24.0 Å². The van der Waals surface area contributed by atoms with E-state index >= 15 is 0 Å². The van der Waals surface area contributed by atoms with Gasteiger partial charge in [0.05, 0.1) is 15.9 Å². The first-order chi connectivity index (χ1) is 10.8. The zero-order valence-electron chi connectivity index (χ0n) is 12.3. The van der Waals surface area contributed by atoms with Crippen LogP contribution in [0.15, 0.2) is 28.9 Å². The van der Waals surface area contributed by atoms with Gasteiger partial charge in [0.15, 0.2) is 0 Å². The maximum atomic E-state index is 11.5. The molecule has 0 spiro atoms. The molecule has 0 radical (unpaired) electrons. The number of benzene rings is 1. The zero-order valence-corrected chi connectivity index (χ0v) is 13.9. The van der Waals surface area contributed by atoms with Crippen LogP contribution < -0.4 is 4.90 Å². The van der Waals surface area contributed by atoms with Gasteiger partial charge in [0.25, 0.3) is 0 Å². The van der Waals surface area contributed by atoms with E-state index in [9.17, 15) is 20.0 Å². The Hall–Kier alpha value is -2.22. The van der Waals surface area contributed by atoms with E-state index in [1.165, 1.54) is 6.20 Å². The molecule has 7 nitrogen and oxygen atoms in total. The standard InChI is InChI=1S/C15H14BrN3O4/c1-15(14(20)21)4-5-18(8-15)13-10-6-9(16)2-3-11(10)17-7-12(13)19(22)23/h2-3,6-7H,4-5,8H2,1H3,(H,20,21). The molecule has 1 unspecified atom stereocenters. The van der Waals surface area contributed by atoms with Gasteiger partial charge in [-0.3, -0.25) is 14.9 Å². The van der Waals surface area contributed by atoms with Crippen LogP contribution in [0.25, 0.3) is 10.9 Å². The minimum absolute atomic E-state index is 0.106. The predicted octanol–water partition coefficient (Wildman–Crippen LogP) is 3.21. The van der Waals surface area contributed by atoms with E-state index < -0.39 is 16.3 Å². The highest BCUT2D eigenvalue weighted by molar-refractivity contribution is 9.10. The lowest BCUT2D eigenvalue weighted by molar-refractivity contribution is -0.384. The summed E-state index contributed by atoms with van der Waals surface area (Å²) in [5.41, 5.74) is 0.0596. The Kier molecular flexibility index (Phi) is 3.71. The van der Waals surface area contributed by atoms with Crippen molar-refractivity contribution in [3.8, 4) is 0 Å². The summed E-state index contributed by atoms with van der Waals surface area (Å²) in [7, 11) is 0. The number of halogens is 1. The van der Waals surface area contributed by atoms with E-state index in [1.807, 2.05) is 6.07 Å². The van der Waals surface area contributed by atoms with Gasteiger partial charge < -0.3 is 10.0 Å². The molecule has 1 atom stereocenters. The first kappa shape index (κ1) is 15.7. The molecule has 0 amide bonds. The van der Waals surface area contributed by atoms with Crippen LogP contribution in [0.4, 0.5) is 11.4 Å². The monoisotopic (exact) mass is 379 g/mol. The SMILES string of the molecule is CC1(C(=O)O)CCN(c2c([N+](=O)[O-])cnc3ccc(Br)cc23)C1. The van der Waals surface area contributed by atoms with E-state index in [0.29, 0.717) is 29.6 Å². The molecule has 2 heterocycles. The maximum Gasteiger partial charge on any atom is 0.311 e. The summed E-state index contributed by atoms with van der Waals surface area (Å²) >= 11 is 3.37. The fraction of sp³-hybridized carbons (Fsp3) is 0.333. The van der Waals surface area contributed by atoms with E-state index in [-0.39, 0.29) is 12.2 Å². The van der Waals surface area contributed by atoms with Gasteiger partial charge in [-0.05, 0) is 31.5 Å². The summed E-state index contributed by atoms with van der Waals surface area (Å²) in [5, 5.41) is 21.4. The molecule has 3 rings (SSSR count). The number of carboxylic acids is 1. The molecule has 1 aliphatic heterocycles. The smallest absolute Gasteiger partial charge is 0.311 e. The van der Waals surface area contributed by atoms with Gasteiger partial charge in [-0.1, -0.05) is 15.9 Å². The summed E-state index contributed by atoms with van der Waals surface area (Å²) in [6, 6.07) is 5.37. The Morgan fingerprint density at radius 1 is 1.52 bits per heavy atom. The van der Waals surface area contributed by atoms with Crippen molar-refractivity contribution in [3.63, 3.8) is 0 Å². The second kappa shape index (κ2) is 5.45. The van der Waals surface area contributed by atoms with Gasteiger partial charge in [0, 0.05) is 22.9 Å². The number of nitrogens with zero attached hydrogens (tertiary/aromatic N) is 3. The first-order valence-corrected chi connectivity index (χ1v) is 7.82. The number of pyridine rings is 1. The molecule has 1 aromatic heterocycles. The lowest BCUT2D eigenvalue weighted by Gasteiger charge is -2.22. The Morgan fingerprint density at radius 3 is 2.87 bits per heavy atom. The average molecular weight is 380 g/mol. The van der Waals surface area contributed by atoms with Crippen molar-refractivity contribution in [2.24, 2.45) is 5.41 Å². The summed E-state index contributed by atoms with van der Waals surface area (Å²) in [6.45, 7) is 2.35. The largest absolute Gasteiger partial charge is 0.481 e. The maximum absolute atomic E-state index is 11.5. The van der Waals surface area contributed by atoms with Gasteiger partial charge in [0.1, 0.15) is 11.9 Å². The number of aromatic nitrogens is 1. The highest BCUT2D eigenvalue weighted by atomic mass is 79.9. The third-order valence-electron chi connectivity index (χ3n) is 4.28. The molecule has 23 heavy (non-hydrogen) atoms. The van der Waals surface area contributed by atoms with Crippen molar-refractivity contribution in [3.05, 3.63) is 39.0 Å². The highest BCUT2D eigenvalue weighted by Gasteiger charge is 2.42. The van der Waals surface area contributed by atoms with Crippen LogP contribution in [0, 0.1) is 15.5 Å². The molecule has 1 saturated heterocycles. The summed E-state index contributed by atoms with van der Waals surface area (Å²) in [5.74, 6) is -0.887. The van der Waals surface area contributed by atoms with Crippen molar-refractivity contribution >= 4 is 44.2 Å². The normalized spacial score (nSPS) is 20.9. The third-order valence-corrected chi connectivity index (χ3v) is 4.78. The first-order valence-electron chi connectivity index (χ1n) is 7.03. The Labute approximate surface area is 140 Å². The number of aliphatic carboxylic acids is 1. The Morgan fingerprint density at radius 2 is 2.26 bits per heavy atom. The topological polar surface area (TPSA) is 96.6 Å². The van der Waals surface area contributed by atoms with Crippen LogP contribution in [0.3, 0.4) is 0 Å². The van der Waals surface area contributed by atoms with Gasteiger partial charge in [-0.15, -0.1) is 0 Å². The van der Waals surface area contributed by atoms with Gasteiger partial charge in [-0.25, -0.2) is 4.98 Å². The number of carbonyl (C=O) groups is 1. The van der Waals surface area contributed by atoms with Crippen LogP contribution in [0.2, 0.25) is 0 Å². The third kappa shape index (κ3) is 2.63. The number of nitro groups is 1. The average Bonchev–Trinajstić information content (AvgIpc) is 2.89. The number of hydrogen-bond donors (Lipinski definition) is 1. The number of hydrogen-bond acceptors (Lipinski definition) is 5. The number of carboxylic acid groups (broad SMARTS) is 1. The van der Waals surface area contributed by atoms with Gasteiger partial charge >= 0.3 is 11.7 Å². The summed E-state index contributed by atoms with van der Waals surface area (Å²) in [6.07, 6.45) is 1.68. The fourth-order valence-corrected chi connectivity index (χ4v) is 3.29. The van der Waals surface area contributed by atoms with Crippen LogP contribution in [0.1, 0.15) is 13.3 Å². The molecule has 0 aliphatic carbocycles. The molecular formula is C15H14BrN3O4. The zero-order chi connectivity index (χ0) is 16.8. The molecule has 120 valence electrons. The fourth-order valence-electron chi connectivity index (χ4n) is 2.93. The van der Waals surface area contributed by atoms with Crippen LogP contribution in [0.5, 0.6) is 0 Å². The predicted molar refractivity (Wildman–Crippen MR) is 88.7 cm³/mol. The minimum atomic E-state index is -0.907. The van der Waals surface area contributed by atoms with E-state index in [4.69, 9.17) is 0 Å². The second-order valence-electron chi connectivity index (χ2n) is 5.95. The van der Waals surface area contributed by atoms with Crippen molar-refractivity contribution in [1.29, 1.82) is 0 Å². The Bertz CT molecular complexity index is 826. The van der Waals surface area contributed by atoms with Crippen molar-refractivity contribution in [2.75, 3.05) is 18.0 Å². The van der Waals surface area contributed by atoms with E-state index in [2.05, 4.69) is 20.9 Å². The van der Waals surface area contributed by atoms with Crippen molar-refractivity contribution in [1.82, 2.24) is 4.98 Å². The van der Waals surface area contributed by atoms with Gasteiger partial charge in [0.2, 0.25) is 0 Å².